The van der Waals surface area contributed by atoms with Crippen molar-refractivity contribution in [1.82, 2.24) is 19.7 Å². The van der Waals surface area contributed by atoms with Crippen molar-refractivity contribution in [3.63, 3.8) is 0 Å². The largest absolute Gasteiger partial charge is 0.444 e. The quantitative estimate of drug-likeness (QED) is 0.814. The van der Waals surface area contributed by atoms with E-state index < -0.39 is 11.7 Å². The SMILES string of the molecule is CC(C)(C)OC(=O)Nc1nc(-n2cccn2)nc(Cl)c1Br. The fourth-order valence-corrected chi connectivity index (χ4v) is 1.82. The summed E-state index contributed by atoms with van der Waals surface area (Å²) in [6, 6.07) is 1.72. The Kier molecular flexibility index (Phi) is 4.48. The lowest BCUT2D eigenvalue weighted by Crippen LogP contribution is -2.27. The van der Waals surface area contributed by atoms with Crippen LogP contribution >= 0.6 is 27.5 Å². The monoisotopic (exact) mass is 373 g/mol. The van der Waals surface area contributed by atoms with E-state index in [4.69, 9.17) is 16.3 Å². The maximum atomic E-state index is 11.8. The summed E-state index contributed by atoms with van der Waals surface area (Å²) >= 11 is 9.25. The summed E-state index contributed by atoms with van der Waals surface area (Å²) in [6.07, 6.45) is 2.61. The van der Waals surface area contributed by atoms with Crippen LogP contribution in [0.2, 0.25) is 5.15 Å². The topological polar surface area (TPSA) is 81.9 Å². The van der Waals surface area contributed by atoms with Crippen molar-refractivity contribution in [2.45, 2.75) is 26.4 Å². The number of carbonyl (C=O) groups is 1. The van der Waals surface area contributed by atoms with Crippen LogP contribution in [0, 0.1) is 0 Å². The number of amides is 1. The van der Waals surface area contributed by atoms with Crippen LogP contribution in [0.4, 0.5) is 10.6 Å². The van der Waals surface area contributed by atoms with Gasteiger partial charge in [0.25, 0.3) is 5.95 Å². The van der Waals surface area contributed by atoms with Crippen LogP contribution in [0.3, 0.4) is 0 Å². The summed E-state index contributed by atoms with van der Waals surface area (Å²) in [5.41, 5.74) is -0.613. The molecule has 9 heteroatoms. The lowest BCUT2D eigenvalue weighted by molar-refractivity contribution is 0.0635. The van der Waals surface area contributed by atoms with Crippen molar-refractivity contribution in [1.29, 1.82) is 0 Å². The van der Waals surface area contributed by atoms with Crippen molar-refractivity contribution in [3.8, 4) is 5.95 Å². The Hall–Kier alpha value is -1.67. The van der Waals surface area contributed by atoms with Gasteiger partial charge in [-0.15, -0.1) is 0 Å². The molecule has 0 aromatic carbocycles. The molecule has 21 heavy (non-hydrogen) atoms. The molecular weight excluding hydrogens is 362 g/mol. The zero-order valence-electron chi connectivity index (χ0n) is 11.6. The minimum Gasteiger partial charge on any atom is -0.444 e. The minimum atomic E-state index is -0.635. The molecule has 0 bridgehead atoms. The van der Waals surface area contributed by atoms with Crippen molar-refractivity contribution < 1.29 is 9.53 Å². The summed E-state index contributed by atoms with van der Waals surface area (Å²) in [5.74, 6) is 0.439. The number of hydrogen-bond acceptors (Lipinski definition) is 5. The Morgan fingerprint density at radius 3 is 2.71 bits per heavy atom. The van der Waals surface area contributed by atoms with E-state index >= 15 is 0 Å². The second-order valence-electron chi connectivity index (χ2n) is 5.05. The lowest BCUT2D eigenvalue weighted by atomic mass is 10.2. The van der Waals surface area contributed by atoms with Gasteiger partial charge in [-0.2, -0.15) is 15.1 Å². The van der Waals surface area contributed by atoms with E-state index in [1.165, 1.54) is 4.68 Å². The van der Waals surface area contributed by atoms with Gasteiger partial charge in [0.15, 0.2) is 11.0 Å². The number of halogens is 2. The van der Waals surface area contributed by atoms with Gasteiger partial charge in [-0.3, -0.25) is 5.32 Å². The molecule has 0 unspecified atom stereocenters. The number of nitrogens with one attached hydrogen (secondary N) is 1. The first-order chi connectivity index (χ1) is 9.76. The molecule has 0 aliphatic rings. The zero-order valence-corrected chi connectivity index (χ0v) is 13.9. The van der Waals surface area contributed by atoms with E-state index in [0.717, 1.165) is 0 Å². The Morgan fingerprint density at radius 1 is 1.43 bits per heavy atom. The molecule has 0 spiro atoms. The first-order valence-corrected chi connectivity index (χ1v) is 7.16. The van der Waals surface area contributed by atoms with Gasteiger partial charge >= 0.3 is 6.09 Å². The molecule has 1 amide bonds. The fraction of sp³-hybridized carbons (Fsp3) is 0.333. The van der Waals surface area contributed by atoms with Crippen LogP contribution in [0.15, 0.2) is 22.9 Å². The Morgan fingerprint density at radius 2 is 2.14 bits per heavy atom. The van der Waals surface area contributed by atoms with Gasteiger partial charge in [-0.05, 0) is 42.8 Å². The normalized spacial score (nSPS) is 11.3. The third-order valence-corrected chi connectivity index (χ3v) is 3.38. The first kappa shape index (κ1) is 15.7. The molecule has 2 aromatic heterocycles. The molecule has 7 nitrogen and oxygen atoms in total. The molecule has 1 N–H and O–H groups in total. The summed E-state index contributed by atoms with van der Waals surface area (Å²) in [7, 11) is 0. The molecule has 0 saturated heterocycles. The van der Waals surface area contributed by atoms with E-state index in [9.17, 15) is 4.79 Å². The molecule has 0 aliphatic carbocycles. The highest BCUT2D eigenvalue weighted by Gasteiger charge is 2.19. The van der Waals surface area contributed by atoms with E-state index in [1.54, 1.807) is 39.2 Å². The molecule has 0 aliphatic heterocycles. The number of anilines is 1. The minimum absolute atomic E-state index is 0.154. The third kappa shape index (κ3) is 4.15. The van der Waals surface area contributed by atoms with Gasteiger partial charge in [-0.1, -0.05) is 11.6 Å². The number of carbonyl (C=O) groups excluding carboxylic acids is 1. The molecule has 0 saturated carbocycles. The molecule has 2 rings (SSSR count). The lowest BCUT2D eigenvalue weighted by Gasteiger charge is -2.19. The van der Waals surface area contributed by atoms with Gasteiger partial charge in [0.05, 0.1) is 4.47 Å². The molecule has 0 radical (unpaired) electrons. The van der Waals surface area contributed by atoms with Crippen LogP contribution in [-0.2, 0) is 4.74 Å². The van der Waals surface area contributed by atoms with Crippen LogP contribution in [0.25, 0.3) is 5.95 Å². The van der Waals surface area contributed by atoms with Gasteiger partial charge in [-0.25, -0.2) is 9.48 Å². The molecule has 0 fully saturated rings. The maximum Gasteiger partial charge on any atom is 0.413 e. The second-order valence-corrected chi connectivity index (χ2v) is 6.21. The molecular formula is C12H13BrClN5O2. The highest BCUT2D eigenvalue weighted by molar-refractivity contribution is 9.10. The second kappa shape index (κ2) is 5.98. The van der Waals surface area contributed by atoms with Gasteiger partial charge in [0, 0.05) is 12.4 Å². The smallest absolute Gasteiger partial charge is 0.413 e. The van der Waals surface area contributed by atoms with E-state index in [0.29, 0.717) is 4.47 Å². The fourth-order valence-electron chi connectivity index (χ4n) is 1.38. The summed E-state index contributed by atoms with van der Waals surface area (Å²) < 4.78 is 6.97. The van der Waals surface area contributed by atoms with Crippen LogP contribution in [0.1, 0.15) is 20.8 Å². The Bertz CT molecular complexity index is 654. The maximum absolute atomic E-state index is 11.8. The van der Waals surface area contributed by atoms with Crippen molar-refractivity contribution in [2.24, 2.45) is 0 Å². The van der Waals surface area contributed by atoms with Crippen molar-refractivity contribution in [3.05, 3.63) is 28.1 Å². The van der Waals surface area contributed by atoms with E-state index in [2.05, 4.69) is 36.3 Å². The Balaban J connectivity index is 2.29. The Labute approximate surface area is 134 Å². The number of aromatic nitrogens is 4. The number of nitrogens with zero attached hydrogens (tertiary/aromatic N) is 4. The summed E-state index contributed by atoms with van der Waals surface area (Å²) in [6.45, 7) is 5.30. The number of ether oxygens (including phenoxy) is 1. The number of hydrogen-bond donors (Lipinski definition) is 1. The van der Waals surface area contributed by atoms with Gasteiger partial charge in [0.2, 0.25) is 0 Å². The van der Waals surface area contributed by atoms with Crippen LogP contribution < -0.4 is 5.32 Å². The highest BCUT2D eigenvalue weighted by atomic mass is 79.9. The van der Waals surface area contributed by atoms with Crippen molar-refractivity contribution >= 4 is 39.4 Å². The van der Waals surface area contributed by atoms with E-state index in [1.807, 2.05) is 0 Å². The first-order valence-electron chi connectivity index (χ1n) is 5.99. The molecule has 2 heterocycles. The molecule has 0 atom stereocenters. The van der Waals surface area contributed by atoms with Crippen LogP contribution in [-0.4, -0.2) is 31.4 Å². The summed E-state index contributed by atoms with van der Waals surface area (Å²) in [5, 5.41) is 6.69. The highest BCUT2D eigenvalue weighted by Crippen LogP contribution is 2.28. The van der Waals surface area contributed by atoms with Gasteiger partial charge < -0.3 is 4.74 Å². The van der Waals surface area contributed by atoms with E-state index in [-0.39, 0.29) is 16.9 Å². The average Bonchev–Trinajstić information content (AvgIpc) is 2.86. The zero-order chi connectivity index (χ0) is 15.6. The molecule has 2 aromatic rings. The predicted octanol–water partition coefficient (Wildman–Crippen LogP) is 3.43. The summed E-state index contributed by atoms with van der Waals surface area (Å²) in [4.78, 5) is 20.1. The van der Waals surface area contributed by atoms with Crippen LogP contribution in [0.5, 0.6) is 0 Å². The third-order valence-electron chi connectivity index (χ3n) is 2.13. The predicted molar refractivity (Wildman–Crippen MR) is 81.7 cm³/mol. The molecule has 112 valence electrons. The number of rotatable bonds is 2. The van der Waals surface area contributed by atoms with Gasteiger partial charge in [0.1, 0.15) is 5.60 Å². The average molecular weight is 375 g/mol. The standard InChI is InChI=1S/C12H13BrClN5O2/c1-12(2,3)21-11(20)18-9-7(13)8(14)16-10(17-9)19-6-4-5-15-19/h4-6H,1-3H3,(H,16,17,18,20). The van der Waals surface area contributed by atoms with Crippen molar-refractivity contribution in [2.75, 3.05) is 5.32 Å².